The summed E-state index contributed by atoms with van der Waals surface area (Å²) in [7, 11) is 6.81. The number of aromatic nitrogens is 4. The van der Waals surface area contributed by atoms with Crippen molar-refractivity contribution in [1.82, 2.24) is 18.3 Å². The number of nitrogens with zero attached hydrogens (tertiary/aromatic N) is 4. The predicted molar refractivity (Wildman–Crippen MR) is 72.8 cm³/mol. The van der Waals surface area contributed by atoms with Gasteiger partial charge in [0.05, 0.1) is 0 Å². The molecule has 1 saturated carbocycles. The summed E-state index contributed by atoms with van der Waals surface area (Å²) in [6.45, 7) is 0. The molecule has 20 heavy (non-hydrogen) atoms. The fraction of sp³-hybridized carbons (Fsp3) is 0.583. The fourth-order valence-corrected chi connectivity index (χ4v) is 2.48. The average Bonchev–Trinajstić information content (AvgIpc) is 3.16. The van der Waals surface area contributed by atoms with Crippen molar-refractivity contribution in [2.45, 2.75) is 18.9 Å². The van der Waals surface area contributed by atoms with E-state index in [1.165, 1.54) is 24.5 Å². The zero-order valence-electron chi connectivity index (χ0n) is 12.0. The van der Waals surface area contributed by atoms with Crippen molar-refractivity contribution in [1.29, 1.82) is 0 Å². The van der Waals surface area contributed by atoms with E-state index in [9.17, 15) is 9.59 Å². The van der Waals surface area contributed by atoms with Gasteiger partial charge in [0, 0.05) is 6.04 Å². The molecule has 1 aliphatic carbocycles. The third-order valence-corrected chi connectivity index (χ3v) is 4.92. The van der Waals surface area contributed by atoms with E-state index in [1.54, 1.807) is 11.6 Å². The fourth-order valence-electron chi connectivity index (χ4n) is 1.98. The van der Waals surface area contributed by atoms with Gasteiger partial charge in [0.25, 0.3) is 0 Å². The Bertz CT molecular complexity index is 835. The van der Waals surface area contributed by atoms with Crippen LogP contribution in [0.1, 0.15) is 12.8 Å². The second-order valence-corrected chi connectivity index (χ2v) is 6.09. The molecule has 0 aliphatic heterocycles. The molecule has 2 N–H and O–H groups in total. The molecule has 2 aromatic rings. The molecule has 0 bridgehead atoms. The molecule has 3 rings (SSSR count). The molecule has 0 unspecified atom stereocenters. The van der Waals surface area contributed by atoms with Crippen LogP contribution in [0.3, 0.4) is 0 Å². The monoisotopic (exact) mass is 460 g/mol. The van der Waals surface area contributed by atoms with E-state index >= 15 is 0 Å². The van der Waals surface area contributed by atoms with E-state index < -0.39 is 0 Å². The summed E-state index contributed by atoms with van der Waals surface area (Å²) < 4.78 is 7.13. The van der Waals surface area contributed by atoms with Crippen LogP contribution >= 0.6 is 0 Å². The minimum absolute atomic E-state index is 0.264. The first-order valence-corrected chi connectivity index (χ1v) is 7.43. The Morgan fingerprint density at radius 2 is 1.50 bits per heavy atom. The van der Waals surface area contributed by atoms with Gasteiger partial charge in [0.1, 0.15) is 0 Å². The standard InChI is InChI=1S/C9H12N4O2.C3H7N.Pt/c1-10-5-11(2)7-6(10)8(14)13(4)9(15)12(7)3;4-3-1-2-3;/h1-4H3;3H,1-2,4H2;. The maximum atomic E-state index is 12.0. The molecule has 0 atom stereocenters. The zero-order valence-corrected chi connectivity index (χ0v) is 14.3. The molecule has 0 spiro atoms. The summed E-state index contributed by atoms with van der Waals surface area (Å²) in [6, 6.07) is 0.583. The maximum Gasteiger partial charge on any atom is 0.00399 e. The SMILES string of the molecule is Cn1c(=O)c2c(n(C)c1=O)n(C)[c](=[Pt])n2C.NC1CC1. The van der Waals surface area contributed by atoms with E-state index in [0.29, 0.717) is 17.2 Å². The topological polar surface area (TPSA) is 79.9 Å². The van der Waals surface area contributed by atoms with Gasteiger partial charge in [-0.1, -0.05) is 0 Å². The molecule has 114 valence electrons. The Hall–Kier alpha value is -1.20. The van der Waals surface area contributed by atoms with Gasteiger partial charge in [-0.05, 0) is 12.8 Å². The number of aryl methyl sites for hydroxylation is 3. The number of rotatable bonds is 0. The summed E-state index contributed by atoms with van der Waals surface area (Å²) in [5.74, 6) is 0. The number of hydrogen-bond acceptors (Lipinski definition) is 3. The van der Waals surface area contributed by atoms with Crippen LogP contribution in [0, 0.1) is 3.80 Å². The molecule has 0 aromatic carbocycles. The summed E-state index contributed by atoms with van der Waals surface area (Å²) in [5, 5.41) is 0. The van der Waals surface area contributed by atoms with Gasteiger partial charge in [-0.15, -0.1) is 0 Å². The van der Waals surface area contributed by atoms with Gasteiger partial charge in [0.2, 0.25) is 0 Å². The van der Waals surface area contributed by atoms with E-state index in [1.807, 2.05) is 18.7 Å². The van der Waals surface area contributed by atoms with E-state index in [-0.39, 0.29) is 11.2 Å². The zero-order chi connectivity index (χ0) is 15.2. The minimum Gasteiger partial charge on any atom is -0.328 e. The molecule has 1 fully saturated rings. The Kier molecular flexibility index (Phi) is 4.02. The van der Waals surface area contributed by atoms with Gasteiger partial charge in [-0.25, -0.2) is 0 Å². The minimum atomic E-state index is -0.310. The average molecular weight is 460 g/mol. The van der Waals surface area contributed by atoms with Crippen LogP contribution in [-0.2, 0) is 47.5 Å². The smallest absolute Gasteiger partial charge is 0.00399 e. The summed E-state index contributed by atoms with van der Waals surface area (Å²) in [4.78, 5) is 23.8. The second-order valence-electron chi connectivity index (χ2n) is 5.07. The van der Waals surface area contributed by atoms with Crippen molar-refractivity contribution < 1.29 is 19.4 Å². The van der Waals surface area contributed by atoms with Crippen LogP contribution in [0.25, 0.3) is 11.2 Å². The van der Waals surface area contributed by atoms with Crippen molar-refractivity contribution >= 4 is 11.2 Å². The van der Waals surface area contributed by atoms with Crippen LogP contribution in [0.2, 0.25) is 0 Å². The Balaban J connectivity index is 0.000000315. The Morgan fingerprint density at radius 3 is 1.95 bits per heavy atom. The van der Waals surface area contributed by atoms with Gasteiger partial charge in [-0.3, -0.25) is 0 Å². The van der Waals surface area contributed by atoms with E-state index in [4.69, 9.17) is 5.73 Å². The first-order valence-electron chi connectivity index (χ1n) is 6.29. The van der Waals surface area contributed by atoms with Crippen molar-refractivity contribution in [2.24, 2.45) is 33.9 Å². The normalized spacial score (nSPS) is 14.3. The Morgan fingerprint density at radius 1 is 1.00 bits per heavy atom. The number of fused-ring (bicyclic) bond motifs is 1. The van der Waals surface area contributed by atoms with E-state index in [0.717, 1.165) is 8.37 Å². The first-order chi connectivity index (χ1) is 9.27. The van der Waals surface area contributed by atoms with Gasteiger partial charge in [-0.2, -0.15) is 0 Å². The number of nitrogens with two attached hydrogens (primary N) is 1. The molecule has 1 aliphatic rings. The molecule has 2 aromatic heterocycles. The van der Waals surface area contributed by atoms with Crippen molar-refractivity contribution in [3.63, 3.8) is 0 Å². The van der Waals surface area contributed by atoms with Crippen molar-refractivity contribution in [3.8, 4) is 0 Å². The van der Waals surface area contributed by atoms with Gasteiger partial charge < -0.3 is 5.73 Å². The van der Waals surface area contributed by atoms with Crippen LogP contribution in [0.5, 0.6) is 0 Å². The molecule has 2 heterocycles. The third kappa shape index (κ3) is 2.40. The molecule has 0 saturated heterocycles. The summed E-state index contributed by atoms with van der Waals surface area (Å²) in [6.07, 6.45) is 2.53. The summed E-state index contributed by atoms with van der Waals surface area (Å²) in [5.41, 5.74) is 5.83. The van der Waals surface area contributed by atoms with E-state index in [2.05, 4.69) is 19.4 Å². The molecule has 0 radical (unpaired) electrons. The van der Waals surface area contributed by atoms with Crippen molar-refractivity contribution in [3.05, 3.63) is 24.6 Å². The first kappa shape index (κ1) is 15.2. The van der Waals surface area contributed by atoms with Crippen LogP contribution < -0.4 is 17.0 Å². The molecular formula is C12H19N5O2Pt. The number of imidazole rings is 1. The molecule has 0 amide bonds. The van der Waals surface area contributed by atoms with Crippen molar-refractivity contribution in [2.75, 3.05) is 0 Å². The predicted octanol–water partition coefficient (Wildman–Crippen LogP) is -0.900. The largest absolute Gasteiger partial charge is 0.328 e. The second kappa shape index (κ2) is 5.29. The third-order valence-electron chi connectivity index (χ3n) is 3.40. The number of hydrogen-bond donors (Lipinski definition) is 1. The molecule has 8 heteroatoms. The van der Waals surface area contributed by atoms with Gasteiger partial charge >= 0.3 is 102 Å². The maximum absolute atomic E-state index is 12.0. The van der Waals surface area contributed by atoms with Gasteiger partial charge in [0.15, 0.2) is 0 Å². The summed E-state index contributed by atoms with van der Waals surface area (Å²) >= 11 is 2.12. The molecule has 7 nitrogen and oxygen atoms in total. The van der Waals surface area contributed by atoms with Crippen LogP contribution in [0.15, 0.2) is 9.59 Å². The quantitative estimate of drug-likeness (QED) is 0.554. The van der Waals surface area contributed by atoms with Crippen LogP contribution in [0.4, 0.5) is 0 Å². The van der Waals surface area contributed by atoms with Crippen LogP contribution in [-0.4, -0.2) is 24.3 Å². The molecular weight excluding hydrogens is 441 g/mol. The Labute approximate surface area is 126 Å².